The van der Waals surface area contributed by atoms with E-state index in [2.05, 4.69) is 5.32 Å². The first-order valence-electron chi connectivity index (χ1n) is 5.35. The molecule has 0 bridgehead atoms. The zero-order chi connectivity index (χ0) is 13.5. The normalized spacial score (nSPS) is 11.9. The van der Waals surface area contributed by atoms with Crippen LogP contribution < -0.4 is 5.32 Å². The van der Waals surface area contributed by atoms with Crippen molar-refractivity contribution in [2.75, 3.05) is 6.61 Å². The van der Waals surface area contributed by atoms with E-state index in [1.165, 1.54) is 6.92 Å². The van der Waals surface area contributed by atoms with E-state index < -0.39 is 12.1 Å². The van der Waals surface area contributed by atoms with Crippen LogP contribution in [0.2, 0.25) is 5.02 Å². The minimum Gasteiger partial charge on any atom is -0.479 e. The van der Waals surface area contributed by atoms with E-state index in [1.54, 1.807) is 18.2 Å². The van der Waals surface area contributed by atoms with Crippen LogP contribution in [-0.4, -0.2) is 29.7 Å². The Bertz CT molecular complexity index is 436. The van der Waals surface area contributed by atoms with Crippen LogP contribution in [0.25, 0.3) is 0 Å². The van der Waals surface area contributed by atoms with Crippen molar-refractivity contribution >= 4 is 23.5 Å². The number of carbonyl (C=O) groups excluding carboxylic acids is 1. The van der Waals surface area contributed by atoms with Gasteiger partial charge < -0.3 is 15.2 Å². The Morgan fingerprint density at radius 3 is 2.72 bits per heavy atom. The molecule has 1 rings (SSSR count). The topological polar surface area (TPSA) is 75.6 Å². The minimum absolute atomic E-state index is 0.281. The second kappa shape index (κ2) is 6.98. The van der Waals surface area contributed by atoms with E-state index in [4.69, 9.17) is 21.4 Å². The number of nitrogens with one attached hydrogen (secondary N) is 1. The highest BCUT2D eigenvalue weighted by Gasteiger charge is 2.13. The molecule has 18 heavy (non-hydrogen) atoms. The summed E-state index contributed by atoms with van der Waals surface area (Å²) >= 11 is 5.92. The van der Waals surface area contributed by atoms with Gasteiger partial charge in [0, 0.05) is 11.6 Å². The highest BCUT2D eigenvalue weighted by molar-refractivity contribution is 6.31. The number of carboxylic acids is 1. The Morgan fingerprint density at radius 2 is 2.11 bits per heavy atom. The predicted octanol–water partition coefficient (Wildman–Crippen LogP) is 1.45. The molecule has 5 nitrogen and oxygen atoms in total. The molecular weight excluding hydrogens is 258 g/mol. The fraction of sp³-hybridized carbons (Fsp3) is 0.333. The van der Waals surface area contributed by atoms with Crippen molar-refractivity contribution in [1.29, 1.82) is 0 Å². The molecule has 1 aromatic rings. The molecule has 0 aliphatic heterocycles. The second-order valence-corrected chi connectivity index (χ2v) is 4.07. The third-order valence-corrected chi connectivity index (χ3v) is 2.61. The van der Waals surface area contributed by atoms with Gasteiger partial charge in [-0.05, 0) is 18.6 Å². The average molecular weight is 272 g/mol. The van der Waals surface area contributed by atoms with Crippen molar-refractivity contribution in [1.82, 2.24) is 5.32 Å². The molecule has 0 saturated carbocycles. The number of carboxylic acid groups (broad SMARTS) is 1. The maximum atomic E-state index is 11.4. The molecule has 0 saturated heterocycles. The van der Waals surface area contributed by atoms with Crippen LogP contribution in [0.3, 0.4) is 0 Å². The summed E-state index contributed by atoms with van der Waals surface area (Å²) in [6.45, 7) is 1.35. The van der Waals surface area contributed by atoms with Crippen LogP contribution in [0.5, 0.6) is 0 Å². The lowest BCUT2D eigenvalue weighted by Crippen LogP contribution is -2.31. The van der Waals surface area contributed by atoms with Crippen molar-refractivity contribution in [2.24, 2.45) is 0 Å². The molecule has 0 fully saturated rings. The molecule has 2 N–H and O–H groups in total. The Hall–Kier alpha value is -1.59. The number of rotatable bonds is 6. The number of amides is 1. The third-order valence-electron chi connectivity index (χ3n) is 2.25. The standard InChI is InChI=1S/C12H14ClNO4/c1-8(12(16)17)18-7-11(15)14-6-9-4-2-3-5-10(9)13/h2-5,8H,6-7H2,1H3,(H,14,15)(H,16,17). The van der Waals surface area contributed by atoms with Crippen molar-refractivity contribution in [3.05, 3.63) is 34.9 Å². The molecular formula is C12H14ClNO4. The van der Waals surface area contributed by atoms with Gasteiger partial charge in [0.2, 0.25) is 5.91 Å². The highest BCUT2D eigenvalue weighted by Crippen LogP contribution is 2.14. The number of ether oxygens (including phenoxy) is 1. The number of benzene rings is 1. The Labute approximate surface area is 110 Å². The maximum absolute atomic E-state index is 11.4. The van der Waals surface area contributed by atoms with Crippen molar-refractivity contribution in [3.8, 4) is 0 Å². The third kappa shape index (κ3) is 4.73. The van der Waals surface area contributed by atoms with Crippen LogP contribution >= 0.6 is 11.6 Å². The lowest BCUT2D eigenvalue weighted by Gasteiger charge is -2.09. The van der Waals surface area contributed by atoms with E-state index in [1.807, 2.05) is 6.07 Å². The molecule has 0 radical (unpaired) electrons. The van der Waals surface area contributed by atoms with Crippen LogP contribution in [0.4, 0.5) is 0 Å². The van der Waals surface area contributed by atoms with Gasteiger partial charge in [-0.1, -0.05) is 29.8 Å². The number of hydrogen-bond donors (Lipinski definition) is 2. The number of hydrogen-bond acceptors (Lipinski definition) is 3. The SMILES string of the molecule is CC(OCC(=O)NCc1ccccc1Cl)C(=O)O. The number of carbonyl (C=O) groups is 2. The van der Waals surface area contributed by atoms with Gasteiger partial charge in [0.25, 0.3) is 0 Å². The molecule has 0 aliphatic carbocycles. The molecule has 0 spiro atoms. The van der Waals surface area contributed by atoms with Crippen molar-refractivity contribution in [2.45, 2.75) is 19.6 Å². The van der Waals surface area contributed by atoms with Gasteiger partial charge in [-0.3, -0.25) is 4.79 Å². The van der Waals surface area contributed by atoms with E-state index in [0.29, 0.717) is 5.02 Å². The Balaban J connectivity index is 2.34. The molecule has 0 aromatic heterocycles. The minimum atomic E-state index is -1.10. The van der Waals surface area contributed by atoms with Gasteiger partial charge in [-0.25, -0.2) is 4.79 Å². The molecule has 1 unspecified atom stereocenters. The van der Waals surface area contributed by atoms with Crippen LogP contribution in [0.15, 0.2) is 24.3 Å². The van der Waals surface area contributed by atoms with Crippen LogP contribution in [0, 0.1) is 0 Å². The molecule has 98 valence electrons. The van der Waals surface area contributed by atoms with Gasteiger partial charge in [0.15, 0.2) is 6.10 Å². The summed E-state index contributed by atoms with van der Waals surface area (Å²) in [5.74, 6) is -1.49. The quantitative estimate of drug-likeness (QED) is 0.821. The number of aliphatic carboxylic acids is 1. The molecule has 0 heterocycles. The maximum Gasteiger partial charge on any atom is 0.332 e. The first-order valence-corrected chi connectivity index (χ1v) is 5.73. The summed E-state index contributed by atoms with van der Waals surface area (Å²) in [6.07, 6.45) is -1.00. The van der Waals surface area contributed by atoms with Crippen molar-refractivity contribution in [3.63, 3.8) is 0 Å². The van der Waals surface area contributed by atoms with Gasteiger partial charge >= 0.3 is 5.97 Å². The predicted molar refractivity (Wildman–Crippen MR) is 66.3 cm³/mol. The summed E-state index contributed by atoms with van der Waals surface area (Å²) in [5, 5.41) is 11.7. The fourth-order valence-corrected chi connectivity index (χ4v) is 1.36. The fourth-order valence-electron chi connectivity index (χ4n) is 1.16. The first-order chi connectivity index (χ1) is 8.50. The highest BCUT2D eigenvalue weighted by atomic mass is 35.5. The van der Waals surface area contributed by atoms with Crippen molar-refractivity contribution < 1.29 is 19.4 Å². The van der Waals surface area contributed by atoms with E-state index in [-0.39, 0.29) is 19.1 Å². The second-order valence-electron chi connectivity index (χ2n) is 3.66. The smallest absolute Gasteiger partial charge is 0.332 e. The van der Waals surface area contributed by atoms with Gasteiger partial charge in [-0.15, -0.1) is 0 Å². The number of halogens is 1. The molecule has 0 aliphatic rings. The zero-order valence-electron chi connectivity index (χ0n) is 9.85. The zero-order valence-corrected chi connectivity index (χ0v) is 10.6. The average Bonchev–Trinajstić information content (AvgIpc) is 2.34. The summed E-state index contributed by atoms with van der Waals surface area (Å²) in [6, 6.07) is 7.14. The van der Waals surface area contributed by atoms with E-state index in [9.17, 15) is 9.59 Å². The van der Waals surface area contributed by atoms with Crippen LogP contribution in [-0.2, 0) is 20.9 Å². The summed E-state index contributed by atoms with van der Waals surface area (Å²) in [7, 11) is 0. The molecule has 1 amide bonds. The Kier molecular flexibility index (Phi) is 5.61. The Morgan fingerprint density at radius 1 is 1.44 bits per heavy atom. The van der Waals surface area contributed by atoms with Gasteiger partial charge in [0.05, 0.1) is 0 Å². The molecule has 1 aromatic carbocycles. The largest absolute Gasteiger partial charge is 0.479 e. The van der Waals surface area contributed by atoms with Crippen LogP contribution in [0.1, 0.15) is 12.5 Å². The molecule has 6 heteroatoms. The molecule has 1 atom stereocenters. The van der Waals surface area contributed by atoms with E-state index >= 15 is 0 Å². The lowest BCUT2D eigenvalue weighted by atomic mass is 10.2. The van der Waals surface area contributed by atoms with Gasteiger partial charge in [-0.2, -0.15) is 0 Å². The first kappa shape index (κ1) is 14.5. The summed E-state index contributed by atoms with van der Waals surface area (Å²) < 4.78 is 4.84. The lowest BCUT2D eigenvalue weighted by molar-refractivity contribution is -0.150. The van der Waals surface area contributed by atoms with Gasteiger partial charge in [0.1, 0.15) is 6.61 Å². The monoisotopic (exact) mass is 271 g/mol. The summed E-state index contributed by atoms with van der Waals surface area (Å²) in [5.41, 5.74) is 0.791. The summed E-state index contributed by atoms with van der Waals surface area (Å²) in [4.78, 5) is 21.8. The van der Waals surface area contributed by atoms with E-state index in [0.717, 1.165) is 5.56 Å².